The maximum absolute atomic E-state index is 12.9. The molecule has 0 N–H and O–H groups in total. The molecule has 0 saturated heterocycles. The number of esters is 2. The fraction of sp³-hybridized carbons (Fsp3) is 0.533. The molecule has 4 aromatic carbocycles. The minimum Gasteiger partial charge on any atom is -0.493 e. The van der Waals surface area contributed by atoms with E-state index in [1.165, 1.54) is 22.3 Å². The standard InChI is InChI=1S/C60H84N2O14/c1-13-61(27-23-43-37-49(65-3)51(67-5)39-45(43)47(61)31-41-33-53(69-7)59(73-11)54(34-41)70-8)25-19-29-75-57(63)21-17-15-16-18-22-58(64)76-30-20-26-62(14-2)28-24-44-38-50(66-4)52(68-6)40-46(44)48(62)32-42-35-55(71-9)60(74-12)56(36-42)72-10/h15-16,33-40,47-48H,13-14,17-32H2,1-12H3/q+2/b16-15+/t47-,48-,61+,62+/m1/s1. The molecule has 2 heterocycles. The summed E-state index contributed by atoms with van der Waals surface area (Å²) in [5, 5.41) is 0. The van der Waals surface area contributed by atoms with E-state index in [1.807, 2.05) is 36.4 Å². The van der Waals surface area contributed by atoms with Crippen LogP contribution in [0, 0.1) is 0 Å². The van der Waals surface area contributed by atoms with Crippen LogP contribution in [0.25, 0.3) is 0 Å². The van der Waals surface area contributed by atoms with Crippen LogP contribution in [0.2, 0.25) is 0 Å². The Balaban J connectivity index is 0.989. The molecular formula is C60H84N2O14+2. The molecule has 4 aromatic rings. The fourth-order valence-electron chi connectivity index (χ4n) is 11.6. The van der Waals surface area contributed by atoms with Crippen LogP contribution in [0.15, 0.2) is 60.7 Å². The molecule has 0 bridgehead atoms. The normalized spacial score (nSPS) is 18.7. The van der Waals surface area contributed by atoms with Crippen LogP contribution < -0.4 is 47.4 Å². The van der Waals surface area contributed by atoms with Crippen molar-refractivity contribution in [3.63, 3.8) is 0 Å². The lowest BCUT2D eigenvalue weighted by atomic mass is 9.85. The molecule has 0 fully saturated rings. The van der Waals surface area contributed by atoms with Crippen LogP contribution in [-0.2, 0) is 44.7 Å². The second-order valence-corrected chi connectivity index (χ2v) is 19.5. The van der Waals surface area contributed by atoms with Crippen molar-refractivity contribution < 1.29 is 75.4 Å². The molecule has 2 aliphatic rings. The van der Waals surface area contributed by atoms with Crippen molar-refractivity contribution in [3.8, 4) is 57.5 Å². The lowest BCUT2D eigenvalue weighted by Gasteiger charge is -2.48. The lowest BCUT2D eigenvalue weighted by molar-refractivity contribution is -0.957. The van der Waals surface area contributed by atoms with Crippen LogP contribution in [0.3, 0.4) is 0 Å². The van der Waals surface area contributed by atoms with E-state index >= 15 is 0 Å². The third-order valence-electron chi connectivity index (χ3n) is 15.8. The number of methoxy groups -OCH3 is 10. The van der Waals surface area contributed by atoms with Crippen LogP contribution in [0.4, 0.5) is 0 Å². The highest BCUT2D eigenvalue weighted by molar-refractivity contribution is 5.70. The molecule has 0 aromatic heterocycles. The van der Waals surface area contributed by atoms with Crippen molar-refractivity contribution in [2.75, 3.05) is 124 Å². The average molecular weight is 1060 g/mol. The van der Waals surface area contributed by atoms with E-state index in [9.17, 15) is 9.59 Å². The molecule has 0 radical (unpaired) electrons. The summed E-state index contributed by atoms with van der Waals surface area (Å²) in [6.07, 6.45) is 10.0. The van der Waals surface area contributed by atoms with E-state index in [-0.39, 0.29) is 36.9 Å². The average Bonchev–Trinajstić information content (AvgIpc) is 3.45. The molecule has 0 saturated carbocycles. The Morgan fingerprint density at radius 3 is 1.09 bits per heavy atom. The minimum atomic E-state index is -0.240. The Labute approximate surface area is 451 Å². The Kier molecular flexibility index (Phi) is 21.7. The van der Waals surface area contributed by atoms with E-state index in [0.717, 1.165) is 72.2 Å². The number of carbonyl (C=O) groups excluding carboxylic acids is 2. The minimum absolute atomic E-state index is 0.0687. The smallest absolute Gasteiger partial charge is 0.306 e. The largest absolute Gasteiger partial charge is 0.493 e. The number of carbonyl (C=O) groups is 2. The summed E-state index contributed by atoms with van der Waals surface area (Å²) in [5.74, 6) is 5.88. The predicted molar refractivity (Wildman–Crippen MR) is 291 cm³/mol. The first-order valence-electron chi connectivity index (χ1n) is 26.6. The highest BCUT2D eigenvalue weighted by Gasteiger charge is 2.44. The number of hydrogen-bond acceptors (Lipinski definition) is 14. The number of benzene rings is 4. The first-order valence-corrected chi connectivity index (χ1v) is 26.6. The topological polar surface area (TPSA) is 145 Å². The van der Waals surface area contributed by atoms with Gasteiger partial charge in [-0.2, -0.15) is 0 Å². The zero-order valence-electron chi connectivity index (χ0n) is 47.3. The highest BCUT2D eigenvalue weighted by Crippen LogP contribution is 2.48. The van der Waals surface area contributed by atoms with Gasteiger partial charge in [0.05, 0.1) is 124 Å². The second-order valence-electron chi connectivity index (χ2n) is 19.5. The summed E-state index contributed by atoms with van der Waals surface area (Å²) >= 11 is 0. The molecule has 0 amide bonds. The molecular weight excluding hydrogens is 973 g/mol. The van der Waals surface area contributed by atoms with Crippen LogP contribution in [0.5, 0.6) is 57.5 Å². The van der Waals surface area contributed by atoms with Crippen LogP contribution in [0.1, 0.15) is 97.8 Å². The first-order chi connectivity index (χ1) is 36.9. The number of allylic oxidation sites excluding steroid dienone is 2. The first kappa shape index (κ1) is 58.7. The van der Waals surface area contributed by atoms with Gasteiger partial charge < -0.3 is 65.8 Å². The lowest BCUT2D eigenvalue weighted by Crippen LogP contribution is -2.55. The van der Waals surface area contributed by atoms with E-state index in [1.54, 1.807) is 71.1 Å². The molecule has 76 heavy (non-hydrogen) atoms. The van der Waals surface area contributed by atoms with Crippen molar-refractivity contribution in [1.29, 1.82) is 0 Å². The van der Waals surface area contributed by atoms with Crippen LogP contribution >= 0.6 is 0 Å². The van der Waals surface area contributed by atoms with Gasteiger partial charge in [-0.05, 0) is 97.5 Å². The van der Waals surface area contributed by atoms with E-state index in [0.29, 0.717) is 109 Å². The monoisotopic (exact) mass is 1060 g/mol. The number of quaternary nitrogens is 2. The van der Waals surface area contributed by atoms with Crippen molar-refractivity contribution in [3.05, 3.63) is 94.1 Å². The summed E-state index contributed by atoms with van der Waals surface area (Å²) in [7, 11) is 16.4. The second kappa shape index (κ2) is 28.0. The zero-order valence-corrected chi connectivity index (χ0v) is 47.3. The van der Waals surface area contributed by atoms with Crippen molar-refractivity contribution in [2.45, 2.75) is 90.1 Å². The number of rotatable bonds is 30. The van der Waals surface area contributed by atoms with Gasteiger partial charge in [-0.25, -0.2) is 0 Å². The summed E-state index contributed by atoms with van der Waals surface area (Å²) in [6.45, 7) is 10.4. The predicted octanol–water partition coefficient (Wildman–Crippen LogP) is 9.81. The summed E-state index contributed by atoms with van der Waals surface area (Å²) in [5.41, 5.74) is 7.01. The van der Waals surface area contributed by atoms with Gasteiger partial charge in [0.2, 0.25) is 11.5 Å². The molecule has 4 atom stereocenters. The third kappa shape index (κ3) is 13.5. The Morgan fingerprint density at radius 2 is 0.789 bits per heavy atom. The number of ether oxygens (including phenoxy) is 12. The zero-order chi connectivity index (χ0) is 54.8. The third-order valence-corrected chi connectivity index (χ3v) is 15.8. The molecule has 16 nitrogen and oxygen atoms in total. The Morgan fingerprint density at radius 1 is 0.461 bits per heavy atom. The van der Waals surface area contributed by atoms with Gasteiger partial charge in [-0.1, -0.05) is 12.2 Å². The van der Waals surface area contributed by atoms with Crippen molar-refractivity contribution >= 4 is 11.9 Å². The molecule has 0 unspecified atom stereocenters. The quantitative estimate of drug-likeness (QED) is 0.0211. The number of nitrogens with zero attached hydrogens (tertiary/aromatic N) is 2. The fourth-order valence-corrected chi connectivity index (χ4v) is 11.6. The van der Waals surface area contributed by atoms with Gasteiger partial charge in [-0.3, -0.25) is 9.59 Å². The highest BCUT2D eigenvalue weighted by atomic mass is 16.6. The van der Waals surface area contributed by atoms with Gasteiger partial charge in [-0.15, -0.1) is 0 Å². The van der Waals surface area contributed by atoms with Gasteiger partial charge >= 0.3 is 11.9 Å². The van der Waals surface area contributed by atoms with Gasteiger partial charge in [0, 0.05) is 62.5 Å². The number of fused-ring (bicyclic) bond motifs is 2. The molecule has 16 heteroatoms. The maximum atomic E-state index is 12.9. The molecule has 0 spiro atoms. The summed E-state index contributed by atoms with van der Waals surface area (Å²) in [4.78, 5) is 25.9. The van der Waals surface area contributed by atoms with Gasteiger partial charge in [0.25, 0.3) is 0 Å². The SMILES string of the molecule is CC[N@+]1(CCCOC(=O)CC/C=C/CCC(=O)OCCC[N@@+]2(CC)CCc3cc(OC)c(OC)cc3[C@H]2Cc2cc(OC)c(OC)c(OC)c2)CCc2cc(OC)c(OC)cc2[C@H]1Cc1cc(OC)c(OC)c(OC)c1. The maximum Gasteiger partial charge on any atom is 0.306 e. The molecule has 416 valence electrons. The number of likely N-dealkylation sites (N-methyl/N-ethyl adjacent to an activating group) is 2. The van der Waals surface area contributed by atoms with Gasteiger partial charge in [0.1, 0.15) is 12.1 Å². The molecule has 2 aliphatic heterocycles. The summed E-state index contributed by atoms with van der Waals surface area (Å²) in [6, 6.07) is 16.7. The van der Waals surface area contributed by atoms with E-state index in [2.05, 4.69) is 38.1 Å². The molecule has 6 rings (SSSR count). The van der Waals surface area contributed by atoms with Crippen LogP contribution in [-0.4, -0.2) is 144 Å². The Hall–Kier alpha value is -6.52. The van der Waals surface area contributed by atoms with Crippen molar-refractivity contribution in [2.24, 2.45) is 0 Å². The van der Waals surface area contributed by atoms with Crippen molar-refractivity contribution in [1.82, 2.24) is 0 Å². The van der Waals surface area contributed by atoms with E-state index in [4.69, 9.17) is 56.8 Å². The molecule has 0 aliphatic carbocycles. The van der Waals surface area contributed by atoms with E-state index < -0.39 is 0 Å². The van der Waals surface area contributed by atoms with Gasteiger partial charge in [0.15, 0.2) is 46.0 Å². The Bertz CT molecular complexity index is 2370. The number of hydrogen-bond donors (Lipinski definition) is 0. The summed E-state index contributed by atoms with van der Waals surface area (Å²) < 4.78 is 70.4.